The number of halogens is 3. The predicted molar refractivity (Wildman–Crippen MR) is 80.4 cm³/mol. The molecule has 2 aromatic rings. The Kier molecular flexibility index (Phi) is 3.79. The van der Waals surface area contributed by atoms with Gasteiger partial charge in [0.25, 0.3) is 0 Å². The zero-order valence-corrected chi connectivity index (χ0v) is 13.0. The summed E-state index contributed by atoms with van der Waals surface area (Å²) in [6.45, 7) is 1.66. The van der Waals surface area contributed by atoms with Gasteiger partial charge in [0.05, 0.1) is 17.4 Å². The largest absolute Gasteiger partial charge is 0.506 e. The molecular formula is C17H17F3N2O2. The van der Waals surface area contributed by atoms with E-state index in [1.807, 2.05) is 0 Å². The van der Waals surface area contributed by atoms with Crippen molar-refractivity contribution in [3.8, 4) is 5.75 Å². The van der Waals surface area contributed by atoms with Crippen molar-refractivity contribution in [3.63, 3.8) is 0 Å². The molecule has 0 saturated heterocycles. The quantitative estimate of drug-likeness (QED) is 0.902. The molecule has 0 aliphatic heterocycles. The fourth-order valence-corrected chi connectivity index (χ4v) is 3.59. The number of hydrogen-bond acceptors (Lipinski definition) is 4. The molecule has 0 amide bonds. The maximum Gasteiger partial charge on any atom is 0.417 e. The van der Waals surface area contributed by atoms with Crippen LogP contribution in [-0.2, 0) is 18.0 Å². The highest BCUT2D eigenvalue weighted by molar-refractivity contribution is 5.35. The molecule has 4 nitrogen and oxygen atoms in total. The lowest BCUT2D eigenvalue weighted by molar-refractivity contribution is -0.138. The monoisotopic (exact) mass is 338 g/mol. The van der Waals surface area contributed by atoms with Crippen molar-refractivity contribution in [2.45, 2.75) is 43.4 Å². The maximum atomic E-state index is 13.0. The third kappa shape index (κ3) is 3.21. The number of aromatic nitrogens is 2. The summed E-state index contributed by atoms with van der Waals surface area (Å²) in [5.41, 5.74) is -1.29. The molecule has 1 fully saturated rings. The molecule has 3 rings (SSSR count). The van der Waals surface area contributed by atoms with Gasteiger partial charge in [0, 0.05) is 23.5 Å². The molecule has 7 heteroatoms. The Morgan fingerprint density at radius 3 is 2.42 bits per heavy atom. The van der Waals surface area contributed by atoms with Crippen LogP contribution in [0.1, 0.15) is 36.6 Å². The summed E-state index contributed by atoms with van der Waals surface area (Å²) in [6.07, 6.45) is 0.0682. The maximum absolute atomic E-state index is 13.0. The van der Waals surface area contributed by atoms with Crippen LogP contribution in [0.15, 0.2) is 36.8 Å². The fourth-order valence-electron chi connectivity index (χ4n) is 3.59. The van der Waals surface area contributed by atoms with E-state index < -0.39 is 22.8 Å². The van der Waals surface area contributed by atoms with Gasteiger partial charge < -0.3 is 10.2 Å². The van der Waals surface area contributed by atoms with E-state index in [1.54, 1.807) is 13.0 Å². The Morgan fingerprint density at radius 2 is 1.88 bits per heavy atom. The number of aliphatic hydroxyl groups is 1. The summed E-state index contributed by atoms with van der Waals surface area (Å²) in [5, 5.41) is 19.5. The van der Waals surface area contributed by atoms with Crippen molar-refractivity contribution in [1.29, 1.82) is 0 Å². The van der Waals surface area contributed by atoms with Crippen LogP contribution >= 0.6 is 0 Å². The molecule has 0 unspecified atom stereocenters. The number of alkyl halides is 3. The van der Waals surface area contributed by atoms with Crippen LogP contribution in [0.25, 0.3) is 0 Å². The lowest BCUT2D eigenvalue weighted by atomic mass is 9.55. The summed E-state index contributed by atoms with van der Waals surface area (Å²) in [6, 6.07) is 4.21. The van der Waals surface area contributed by atoms with Crippen molar-refractivity contribution in [3.05, 3.63) is 53.6 Å². The van der Waals surface area contributed by atoms with Crippen molar-refractivity contribution in [1.82, 2.24) is 9.97 Å². The first-order chi connectivity index (χ1) is 11.1. The molecule has 1 saturated carbocycles. The highest BCUT2D eigenvalue weighted by Gasteiger charge is 2.52. The second-order valence-corrected chi connectivity index (χ2v) is 6.78. The minimum atomic E-state index is -4.47. The van der Waals surface area contributed by atoms with Gasteiger partial charge in [-0.3, -0.25) is 9.97 Å². The van der Waals surface area contributed by atoms with Crippen molar-refractivity contribution in [2.24, 2.45) is 0 Å². The van der Waals surface area contributed by atoms with Crippen molar-refractivity contribution >= 4 is 0 Å². The summed E-state index contributed by atoms with van der Waals surface area (Å²) in [5.74, 6) is 0.0224. The smallest absolute Gasteiger partial charge is 0.417 e. The lowest BCUT2D eigenvalue weighted by Gasteiger charge is -2.52. The number of pyridine rings is 2. The van der Waals surface area contributed by atoms with E-state index in [0.29, 0.717) is 30.5 Å². The van der Waals surface area contributed by atoms with E-state index in [9.17, 15) is 23.4 Å². The third-order valence-corrected chi connectivity index (χ3v) is 4.45. The van der Waals surface area contributed by atoms with Crippen LogP contribution in [0, 0.1) is 0 Å². The Bertz CT molecular complexity index is 734. The molecule has 1 aliphatic rings. The Morgan fingerprint density at radius 1 is 1.17 bits per heavy atom. The predicted octanol–water partition coefficient (Wildman–Crippen LogP) is 3.23. The van der Waals surface area contributed by atoms with Gasteiger partial charge in [-0.15, -0.1) is 0 Å². The van der Waals surface area contributed by atoms with E-state index in [2.05, 4.69) is 9.97 Å². The van der Waals surface area contributed by atoms with Crippen LogP contribution < -0.4 is 0 Å². The van der Waals surface area contributed by atoms with E-state index in [4.69, 9.17) is 0 Å². The van der Waals surface area contributed by atoms with Gasteiger partial charge in [-0.05, 0) is 49.9 Å². The van der Waals surface area contributed by atoms with E-state index in [1.165, 1.54) is 18.5 Å². The Labute approximate surface area is 137 Å². The van der Waals surface area contributed by atoms with E-state index in [0.717, 1.165) is 12.3 Å². The van der Waals surface area contributed by atoms with E-state index in [-0.39, 0.29) is 5.75 Å². The first-order valence-corrected chi connectivity index (χ1v) is 7.49. The van der Waals surface area contributed by atoms with Crippen LogP contribution in [0.4, 0.5) is 13.2 Å². The fraction of sp³-hybridized carbons (Fsp3) is 0.412. The van der Waals surface area contributed by atoms with Crippen LogP contribution in [0.3, 0.4) is 0 Å². The topological polar surface area (TPSA) is 66.2 Å². The van der Waals surface area contributed by atoms with Crippen LogP contribution in [0.2, 0.25) is 0 Å². The molecule has 1 aliphatic carbocycles. The molecule has 0 bridgehead atoms. The van der Waals surface area contributed by atoms with Gasteiger partial charge in [-0.2, -0.15) is 13.2 Å². The summed E-state index contributed by atoms with van der Waals surface area (Å²) in [7, 11) is 0. The minimum Gasteiger partial charge on any atom is -0.506 e. The third-order valence-electron chi connectivity index (χ3n) is 4.45. The van der Waals surface area contributed by atoms with Gasteiger partial charge in [-0.25, -0.2) is 0 Å². The summed E-state index contributed by atoms with van der Waals surface area (Å²) >= 11 is 0. The first-order valence-electron chi connectivity index (χ1n) is 7.49. The molecule has 0 atom stereocenters. The second-order valence-electron chi connectivity index (χ2n) is 6.78. The zero-order chi connectivity index (χ0) is 17.6. The normalized spacial score (nSPS) is 26.9. The standard InChI is InChI=1S/C17H17F3N2O2/c1-15(24)9-16(10-15,5-13-2-3-14(23)8-22-13)11-4-12(7-21-6-11)17(18,19)20/h2-4,6-8,23-24H,5,9-10H2,1H3/t15-,16+. The molecule has 0 aromatic carbocycles. The molecule has 2 heterocycles. The number of hydrogen-bond donors (Lipinski definition) is 2. The van der Waals surface area contributed by atoms with Gasteiger partial charge >= 0.3 is 6.18 Å². The van der Waals surface area contributed by atoms with Crippen molar-refractivity contribution in [2.75, 3.05) is 0 Å². The van der Waals surface area contributed by atoms with Gasteiger partial charge in [0.1, 0.15) is 5.75 Å². The lowest BCUT2D eigenvalue weighted by Crippen LogP contribution is -2.54. The van der Waals surface area contributed by atoms with Crippen LogP contribution in [0.5, 0.6) is 5.75 Å². The molecule has 24 heavy (non-hydrogen) atoms. The molecule has 128 valence electrons. The summed E-state index contributed by atoms with van der Waals surface area (Å²) in [4.78, 5) is 7.86. The number of aromatic hydroxyl groups is 1. The molecular weight excluding hydrogens is 321 g/mol. The second kappa shape index (κ2) is 5.44. The first kappa shape index (κ1) is 16.7. The summed E-state index contributed by atoms with van der Waals surface area (Å²) < 4.78 is 38.9. The average Bonchev–Trinajstić information content (AvgIpc) is 2.47. The molecule has 2 N–H and O–H groups in total. The highest BCUT2D eigenvalue weighted by Crippen LogP contribution is 2.52. The molecule has 0 spiro atoms. The Hall–Kier alpha value is -2.15. The zero-order valence-electron chi connectivity index (χ0n) is 13.0. The molecule has 0 radical (unpaired) electrons. The van der Waals surface area contributed by atoms with Crippen LogP contribution in [-0.4, -0.2) is 25.8 Å². The van der Waals surface area contributed by atoms with Gasteiger partial charge in [-0.1, -0.05) is 0 Å². The average molecular weight is 338 g/mol. The SMILES string of the molecule is C[C@]1(O)C[C@@](Cc2ccc(O)cn2)(c2cncc(C(F)(F)F)c2)C1. The van der Waals surface area contributed by atoms with Gasteiger partial charge in [0.2, 0.25) is 0 Å². The van der Waals surface area contributed by atoms with Gasteiger partial charge in [0.15, 0.2) is 0 Å². The number of nitrogens with zero attached hydrogens (tertiary/aromatic N) is 2. The van der Waals surface area contributed by atoms with Crippen molar-refractivity contribution < 1.29 is 23.4 Å². The van der Waals surface area contributed by atoms with E-state index >= 15 is 0 Å². The Balaban J connectivity index is 1.97. The molecule has 2 aromatic heterocycles. The number of rotatable bonds is 3. The minimum absolute atomic E-state index is 0.0224. The highest BCUT2D eigenvalue weighted by atomic mass is 19.4.